The van der Waals surface area contributed by atoms with E-state index in [1.807, 2.05) is 31.2 Å². The molecule has 0 saturated heterocycles. The Labute approximate surface area is 158 Å². The van der Waals surface area contributed by atoms with Gasteiger partial charge >= 0.3 is 11.3 Å². The van der Waals surface area contributed by atoms with Crippen LogP contribution in [-0.2, 0) is 0 Å². The number of aromatic hydroxyl groups is 1. The highest BCUT2D eigenvalue weighted by atomic mass is 35.5. The van der Waals surface area contributed by atoms with Crippen LogP contribution in [0.5, 0.6) is 5.75 Å². The number of nitrogens with zero attached hydrogens (tertiary/aromatic N) is 2. The smallest absolute Gasteiger partial charge is 0.325 e. The zero-order valence-corrected chi connectivity index (χ0v) is 15.4. The Balaban J connectivity index is 2.00. The number of halogens is 1. The second-order valence-electron chi connectivity index (χ2n) is 5.76. The van der Waals surface area contributed by atoms with Gasteiger partial charge in [-0.2, -0.15) is 0 Å². The highest BCUT2D eigenvalue weighted by Gasteiger charge is 2.38. The number of para-hydroxylation sites is 1. The van der Waals surface area contributed by atoms with E-state index in [1.54, 1.807) is 16.8 Å². The molecule has 6 nitrogen and oxygen atoms in total. The van der Waals surface area contributed by atoms with E-state index in [0.717, 1.165) is 17.0 Å². The van der Waals surface area contributed by atoms with Gasteiger partial charge in [-0.1, -0.05) is 48.5 Å². The zero-order chi connectivity index (χ0) is 18.3. The zero-order valence-electron chi connectivity index (χ0n) is 13.9. The summed E-state index contributed by atoms with van der Waals surface area (Å²) in [4.78, 5) is 15.7. The molecule has 1 atom stereocenters. The number of fused-ring (bicyclic) bond motifs is 3. The van der Waals surface area contributed by atoms with Crippen LogP contribution in [0.4, 0.5) is 5.69 Å². The number of phenols is 1. The first kappa shape index (κ1) is 16.9. The van der Waals surface area contributed by atoms with E-state index in [2.05, 4.69) is 15.4 Å². The molecule has 1 aliphatic heterocycles. The Hall–Kier alpha value is -2.51. The fraction of sp³-hybridized carbons (Fsp3) is 0.167. The standard InChI is InChI=1S/C18H15ClN4O2S/c1-2-26-18-21-17(25)15-10-6-3-4-8-12(10)20-16(23(15)22-18)11-7-5-9-13(24)14(11)19/h3-9,16H,2H2,1H3,(H2,21,22,24,25)/p+1/t16-/m1/s1. The van der Waals surface area contributed by atoms with Gasteiger partial charge in [0.1, 0.15) is 5.75 Å². The van der Waals surface area contributed by atoms with E-state index in [-0.39, 0.29) is 16.3 Å². The Morgan fingerprint density at radius 1 is 1.27 bits per heavy atom. The lowest BCUT2D eigenvalue weighted by Crippen LogP contribution is -2.55. The summed E-state index contributed by atoms with van der Waals surface area (Å²) < 4.78 is 1.64. The molecule has 0 unspecified atom stereocenters. The third kappa shape index (κ3) is 2.73. The second-order valence-corrected chi connectivity index (χ2v) is 7.39. The number of hydrogen-bond acceptors (Lipinski definition) is 5. The largest absolute Gasteiger partial charge is 0.506 e. The van der Waals surface area contributed by atoms with Gasteiger partial charge in [-0.15, -0.1) is 0 Å². The summed E-state index contributed by atoms with van der Waals surface area (Å²) in [6.07, 6.45) is -0.516. The van der Waals surface area contributed by atoms with Gasteiger partial charge in [0.05, 0.1) is 21.8 Å². The molecule has 0 bridgehead atoms. The molecule has 132 valence electrons. The first-order valence-corrected chi connectivity index (χ1v) is 9.48. The van der Waals surface area contributed by atoms with E-state index < -0.39 is 6.17 Å². The number of rotatable bonds is 3. The molecule has 1 aromatic heterocycles. The molecule has 0 amide bonds. The third-order valence-corrected chi connectivity index (χ3v) is 5.32. The van der Waals surface area contributed by atoms with E-state index >= 15 is 0 Å². The Bertz CT molecular complexity index is 1050. The van der Waals surface area contributed by atoms with Crippen molar-refractivity contribution in [2.24, 2.45) is 0 Å². The van der Waals surface area contributed by atoms with Crippen molar-refractivity contribution in [1.82, 2.24) is 10.1 Å². The summed E-state index contributed by atoms with van der Waals surface area (Å²) in [5.41, 5.74) is 2.44. The maximum absolute atomic E-state index is 12.8. The molecule has 4 rings (SSSR count). The van der Waals surface area contributed by atoms with Crippen LogP contribution < -0.4 is 15.6 Å². The molecule has 26 heavy (non-hydrogen) atoms. The SMILES string of the molecule is CCSc1n[n+]2c(c(=O)[nH]1)-c1ccccc1N[C@H]2c1cccc(O)c1Cl. The maximum Gasteiger partial charge on any atom is 0.325 e. The first-order chi connectivity index (χ1) is 12.6. The van der Waals surface area contributed by atoms with Gasteiger partial charge in [-0.3, -0.25) is 9.78 Å². The number of thioether (sulfide) groups is 1. The highest BCUT2D eigenvalue weighted by Crippen LogP contribution is 2.36. The van der Waals surface area contributed by atoms with Crippen LogP contribution in [0.3, 0.4) is 0 Å². The monoisotopic (exact) mass is 387 g/mol. The van der Waals surface area contributed by atoms with Crippen LogP contribution in [0.2, 0.25) is 5.02 Å². The number of nitrogens with one attached hydrogen (secondary N) is 2. The first-order valence-electron chi connectivity index (χ1n) is 8.12. The van der Waals surface area contributed by atoms with Crippen molar-refractivity contribution in [3.63, 3.8) is 0 Å². The van der Waals surface area contributed by atoms with Crippen molar-refractivity contribution in [3.8, 4) is 17.0 Å². The van der Waals surface area contributed by atoms with Crippen molar-refractivity contribution in [2.75, 3.05) is 11.1 Å². The van der Waals surface area contributed by atoms with Gasteiger partial charge in [0.15, 0.2) is 0 Å². The topological polar surface area (TPSA) is 81.9 Å². The fourth-order valence-corrected chi connectivity index (χ4v) is 3.86. The molecule has 2 aromatic carbocycles. The summed E-state index contributed by atoms with van der Waals surface area (Å²) in [5.74, 6) is 0.768. The average molecular weight is 388 g/mol. The van der Waals surface area contributed by atoms with Crippen LogP contribution in [0.25, 0.3) is 11.3 Å². The number of anilines is 1. The van der Waals surface area contributed by atoms with Crippen molar-refractivity contribution < 1.29 is 9.79 Å². The summed E-state index contributed by atoms with van der Waals surface area (Å²) in [7, 11) is 0. The number of aromatic nitrogens is 3. The average Bonchev–Trinajstić information content (AvgIpc) is 2.63. The van der Waals surface area contributed by atoms with Crippen molar-refractivity contribution >= 4 is 29.1 Å². The lowest BCUT2D eigenvalue weighted by Gasteiger charge is -2.23. The molecular formula is C18H16ClN4O2S+. The molecule has 0 aliphatic carbocycles. The molecule has 3 aromatic rings. The number of phenolic OH excluding ortho intramolecular Hbond substituents is 1. The molecule has 0 saturated carbocycles. The summed E-state index contributed by atoms with van der Waals surface area (Å²) in [5, 5.41) is 18.8. The van der Waals surface area contributed by atoms with Crippen molar-refractivity contribution in [1.29, 1.82) is 0 Å². The summed E-state index contributed by atoms with van der Waals surface area (Å²) in [6, 6.07) is 12.6. The van der Waals surface area contributed by atoms with Crippen molar-refractivity contribution in [2.45, 2.75) is 18.2 Å². The van der Waals surface area contributed by atoms with E-state index in [1.165, 1.54) is 17.8 Å². The highest BCUT2D eigenvalue weighted by molar-refractivity contribution is 7.99. The minimum Gasteiger partial charge on any atom is -0.506 e. The summed E-state index contributed by atoms with van der Waals surface area (Å²) in [6.45, 7) is 1.99. The fourth-order valence-electron chi connectivity index (χ4n) is 3.05. The number of aromatic amines is 1. The Kier molecular flexibility index (Phi) is 4.34. The van der Waals surface area contributed by atoms with Gasteiger partial charge in [0, 0.05) is 5.10 Å². The molecule has 0 radical (unpaired) electrons. The number of H-pyrrole nitrogens is 1. The van der Waals surface area contributed by atoms with Crippen LogP contribution >= 0.6 is 23.4 Å². The van der Waals surface area contributed by atoms with E-state index in [4.69, 9.17) is 11.6 Å². The predicted molar refractivity (Wildman–Crippen MR) is 102 cm³/mol. The molecule has 3 N–H and O–H groups in total. The minimum atomic E-state index is -0.516. The quantitative estimate of drug-likeness (QED) is 0.475. The predicted octanol–water partition coefficient (Wildman–Crippen LogP) is 3.17. The molecule has 1 aliphatic rings. The van der Waals surface area contributed by atoms with Gasteiger partial charge < -0.3 is 10.4 Å². The number of hydrogen-bond donors (Lipinski definition) is 3. The van der Waals surface area contributed by atoms with Crippen LogP contribution in [0.15, 0.2) is 52.4 Å². The summed E-state index contributed by atoms with van der Waals surface area (Å²) >= 11 is 7.79. The maximum atomic E-state index is 12.8. The van der Waals surface area contributed by atoms with Gasteiger partial charge in [0.2, 0.25) is 5.16 Å². The Morgan fingerprint density at radius 2 is 2.08 bits per heavy atom. The van der Waals surface area contributed by atoms with Gasteiger partial charge in [-0.05, 0) is 34.7 Å². The molecule has 0 fully saturated rings. The van der Waals surface area contributed by atoms with Crippen LogP contribution in [0, 0.1) is 0 Å². The molecule has 8 heteroatoms. The minimum absolute atomic E-state index is 0.0139. The van der Waals surface area contributed by atoms with E-state index in [0.29, 0.717) is 16.4 Å². The normalized spacial score (nSPS) is 15.1. The van der Waals surface area contributed by atoms with Crippen LogP contribution in [-0.4, -0.2) is 20.9 Å². The van der Waals surface area contributed by atoms with Crippen LogP contribution in [0.1, 0.15) is 18.7 Å². The second kappa shape index (κ2) is 6.66. The molecule has 0 spiro atoms. The lowest BCUT2D eigenvalue weighted by atomic mass is 10.0. The third-order valence-electron chi connectivity index (χ3n) is 4.17. The molecular weight excluding hydrogens is 372 g/mol. The van der Waals surface area contributed by atoms with E-state index in [9.17, 15) is 9.90 Å². The van der Waals surface area contributed by atoms with Crippen molar-refractivity contribution in [3.05, 3.63) is 63.4 Å². The lowest BCUT2D eigenvalue weighted by molar-refractivity contribution is -0.759. The van der Waals surface area contributed by atoms with Gasteiger partial charge in [0.25, 0.3) is 6.17 Å². The van der Waals surface area contributed by atoms with Gasteiger partial charge in [-0.25, -0.2) is 0 Å². The Morgan fingerprint density at radius 3 is 2.88 bits per heavy atom. The molecule has 2 heterocycles. The number of benzene rings is 2.